The van der Waals surface area contributed by atoms with E-state index in [1.807, 2.05) is 0 Å². The van der Waals surface area contributed by atoms with E-state index < -0.39 is 0 Å². The molecular weight excluding hydrogens is 258 g/mol. The highest BCUT2D eigenvalue weighted by Gasteiger charge is 2.25. The van der Waals surface area contributed by atoms with Gasteiger partial charge in [0.2, 0.25) is 0 Å². The fourth-order valence-electron chi connectivity index (χ4n) is 3.61. The zero-order valence-electron chi connectivity index (χ0n) is 13.3. The predicted molar refractivity (Wildman–Crippen MR) is 88.3 cm³/mol. The van der Waals surface area contributed by atoms with Crippen LogP contribution in [-0.4, -0.2) is 55.1 Å². The molecule has 2 unspecified atom stereocenters. The second-order valence-corrected chi connectivity index (χ2v) is 6.74. The van der Waals surface area contributed by atoms with E-state index in [1.165, 1.54) is 57.7 Å². The van der Waals surface area contributed by atoms with Crippen LogP contribution in [0.4, 0.5) is 0 Å². The molecule has 0 saturated carbocycles. The van der Waals surface area contributed by atoms with E-state index in [9.17, 15) is 0 Å². The Morgan fingerprint density at radius 2 is 1.76 bits per heavy atom. The molecule has 2 aliphatic rings. The lowest BCUT2D eigenvalue weighted by Gasteiger charge is -2.39. The van der Waals surface area contributed by atoms with Gasteiger partial charge in [0.05, 0.1) is 0 Å². The monoisotopic (exact) mass is 287 g/mol. The summed E-state index contributed by atoms with van der Waals surface area (Å²) in [6.45, 7) is 10.8. The molecule has 3 heteroatoms. The van der Waals surface area contributed by atoms with E-state index in [-0.39, 0.29) is 0 Å². The highest BCUT2D eigenvalue weighted by Crippen LogP contribution is 2.17. The second kappa shape index (κ2) is 7.39. The summed E-state index contributed by atoms with van der Waals surface area (Å²) in [7, 11) is 0. The summed E-state index contributed by atoms with van der Waals surface area (Å²) < 4.78 is 0. The van der Waals surface area contributed by atoms with E-state index >= 15 is 0 Å². The lowest BCUT2D eigenvalue weighted by molar-refractivity contribution is 0.105. The van der Waals surface area contributed by atoms with Crippen molar-refractivity contribution in [3.05, 3.63) is 35.9 Å². The normalized spacial score (nSPS) is 28.6. The number of hydrogen-bond donors (Lipinski definition) is 1. The molecular formula is C18H29N3. The maximum Gasteiger partial charge on any atom is 0.0234 e. The molecule has 3 nitrogen and oxygen atoms in total. The largest absolute Gasteiger partial charge is 0.312 e. The van der Waals surface area contributed by atoms with Crippen LogP contribution in [0.15, 0.2) is 30.3 Å². The zero-order valence-corrected chi connectivity index (χ0v) is 13.3. The number of rotatable bonds is 4. The first kappa shape index (κ1) is 15.0. The average molecular weight is 287 g/mol. The first-order valence-corrected chi connectivity index (χ1v) is 8.53. The van der Waals surface area contributed by atoms with Gasteiger partial charge in [-0.25, -0.2) is 0 Å². The van der Waals surface area contributed by atoms with Crippen molar-refractivity contribution >= 4 is 0 Å². The SMILES string of the molecule is CC1CCCNC1CN1CCN(Cc2ccccc2)CC1. The summed E-state index contributed by atoms with van der Waals surface area (Å²) in [6, 6.07) is 11.6. The quantitative estimate of drug-likeness (QED) is 0.916. The molecule has 2 aliphatic heterocycles. The molecule has 21 heavy (non-hydrogen) atoms. The summed E-state index contributed by atoms with van der Waals surface area (Å²) in [4.78, 5) is 5.24. The van der Waals surface area contributed by atoms with E-state index in [0.29, 0.717) is 6.04 Å². The van der Waals surface area contributed by atoms with Crippen LogP contribution in [0.25, 0.3) is 0 Å². The van der Waals surface area contributed by atoms with Crippen molar-refractivity contribution in [2.24, 2.45) is 5.92 Å². The van der Waals surface area contributed by atoms with Gasteiger partial charge in [-0.15, -0.1) is 0 Å². The van der Waals surface area contributed by atoms with E-state index in [4.69, 9.17) is 0 Å². The van der Waals surface area contributed by atoms with Crippen LogP contribution < -0.4 is 5.32 Å². The molecule has 1 N–H and O–H groups in total. The van der Waals surface area contributed by atoms with Gasteiger partial charge in [-0.1, -0.05) is 37.3 Å². The van der Waals surface area contributed by atoms with Crippen molar-refractivity contribution in [1.82, 2.24) is 15.1 Å². The van der Waals surface area contributed by atoms with Crippen LogP contribution in [-0.2, 0) is 6.54 Å². The molecule has 0 spiro atoms. The van der Waals surface area contributed by atoms with E-state index in [0.717, 1.165) is 12.5 Å². The van der Waals surface area contributed by atoms with Gasteiger partial charge >= 0.3 is 0 Å². The van der Waals surface area contributed by atoms with Crippen LogP contribution >= 0.6 is 0 Å². The molecule has 3 rings (SSSR count). The van der Waals surface area contributed by atoms with Crippen molar-refractivity contribution in [3.8, 4) is 0 Å². The first-order valence-electron chi connectivity index (χ1n) is 8.53. The number of piperidine rings is 1. The molecule has 2 saturated heterocycles. The highest BCUT2D eigenvalue weighted by atomic mass is 15.3. The van der Waals surface area contributed by atoms with Gasteiger partial charge in [0.25, 0.3) is 0 Å². The molecule has 1 aromatic carbocycles. The Bertz CT molecular complexity index is 412. The van der Waals surface area contributed by atoms with Crippen LogP contribution in [0, 0.1) is 5.92 Å². The third-order valence-corrected chi connectivity index (χ3v) is 5.10. The number of benzene rings is 1. The van der Waals surface area contributed by atoms with E-state index in [1.54, 1.807) is 0 Å². The summed E-state index contributed by atoms with van der Waals surface area (Å²) in [6.07, 6.45) is 2.74. The summed E-state index contributed by atoms with van der Waals surface area (Å²) >= 11 is 0. The first-order chi connectivity index (χ1) is 10.3. The average Bonchev–Trinajstić information content (AvgIpc) is 2.52. The van der Waals surface area contributed by atoms with Crippen molar-refractivity contribution in [2.45, 2.75) is 32.4 Å². The predicted octanol–water partition coefficient (Wildman–Crippen LogP) is 2.19. The van der Waals surface area contributed by atoms with E-state index in [2.05, 4.69) is 52.4 Å². The Morgan fingerprint density at radius 3 is 2.48 bits per heavy atom. The Kier molecular flexibility index (Phi) is 5.28. The fourth-order valence-corrected chi connectivity index (χ4v) is 3.61. The van der Waals surface area contributed by atoms with Crippen molar-refractivity contribution in [2.75, 3.05) is 39.3 Å². The Labute approximate surface area is 129 Å². The van der Waals surface area contributed by atoms with Gasteiger partial charge in [0.15, 0.2) is 0 Å². The zero-order chi connectivity index (χ0) is 14.5. The third-order valence-electron chi connectivity index (χ3n) is 5.10. The minimum Gasteiger partial charge on any atom is -0.312 e. The summed E-state index contributed by atoms with van der Waals surface area (Å²) in [5.74, 6) is 0.834. The summed E-state index contributed by atoms with van der Waals surface area (Å²) in [5, 5.41) is 3.71. The lowest BCUT2D eigenvalue weighted by Crippen LogP contribution is -2.53. The second-order valence-electron chi connectivity index (χ2n) is 6.74. The Balaban J connectivity index is 1.42. The molecule has 1 aromatic rings. The van der Waals surface area contributed by atoms with Crippen LogP contribution in [0.2, 0.25) is 0 Å². The molecule has 0 bridgehead atoms. The van der Waals surface area contributed by atoms with Crippen LogP contribution in [0.1, 0.15) is 25.3 Å². The number of piperazine rings is 1. The minimum atomic E-state index is 0.708. The maximum absolute atomic E-state index is 3.71. The van der Waals surface area contributed by atoms with Gasteiger partial charge in [-0.2, -0.15) is 0 Å². The smallest absolute Gasteiger partial charge is 0.0234 e. The Morgan fingerprint density at radius 1 is 1.05 bits per heavy atom. The topological polar surface area (TPSA) is 18.5 Å². The molecule has 116 valence electrons. The van der Waals surface area contributed by atoms with Crippen LogP contribution in [0.3, 0.4) is 0 Å². The molecule has 0 radical (unpaired) electrons. The molecule has 2 heterocycles. The number of nitrogens with zero attached hydrogens (tertiary/aromatic N) is 2. The molecule has 2 fully saturated rings. The van der Waals surface area contributed by atoms with Gasteiger partial charge in [-0.3, -0.25) is 9.80 Å². The molecule has 0 amide bonds. The minimum absolute atomic E-state index is 0.708. The number of nitrogens with one attached hydrogen (secondary N) is 1. The maximum atomic E-state index is 3.71. The van der Waals surface area contributed by atoms with Crippen molar-refractivity contribution in [3.63, 3.8) is 0 Å². The Hall–Kier alpha value is -0.900. The van der Waals surface area contributed by atoms with Gasteiger partial charge < -0.3 is 5.32 Å². The molecule has 0 aliphatic carbocycles. The van der Waals surface area contributed by atoms with Gasteiger partial charge in [0, 0.05) is 45.3 Å². The molecule has 2 atom stereocenters. The highest BCUT2D eigenvalue weighted by molar-refractivity contribution is 5.14. The van der Waals surface area contributed by atoms with Crippen LogP contribution in [0.5, 0.6) is 0 Å². The van der Waals surface area contributed by atoms with Gasteiger partial charge in [-0.05, 0) is 30.9 Å². The van der Waals surface area contributed by atoms with Gasteiger partial charge in [0.1, 0.15) is 0 Å². The molecule has 0 aromatic heterocycles. The van der Waals surface area contributed by atoms with Crippen molar-refractivity contribution in [1.29, 1.82) is 0 Å². The standard InChI is InChI=1S/C18H29N3/c1-16-6-5-9-19-18(16)15-21-12-10-20(11-13-21)14-17-7-3-2-4-8-17/h2-4,7-8,16,18-19H,5-6,9-15H2,1H3. The third kappa shape index (κ3) is 4.29. The number of hydrogen-bond acceptors (Lipinski definition) is 3. The lowest BCUT2D eigenvalue weighted by atomic mass is 9.92. The summed E-state index contributed by atoms with van der Waals surface area (Å²) in [5.41, 5.74) is 1.44. The fraction of sp³-hybridized carbons (Fsp3) is 0.667. The van der Waals surface area contributed by atoms with Crippen molar-refractivity contribution < 1.29 is 0 Å².